The molecule has 1 N–H and O–H groups in total. The van der Waals surface area contributed by atoms with Crippen LogP contribution in [0, 0.1) is 0 Å². The van der Waals surface area contributed by atoms with E-state index in [2.05, 4.69) is 0 Å². The van der Waals surface area contributed by atoms with Crippen molar-refractivity contribution < 1.29 is 5.11 Å². The van der Waals surface area contributed by atoms with E-state index in [0.717, 1.165) is 27.8 Å². The van der Waals surface area contributed by atoms with E-state index in [4.69, 9.17) is 23.2 Å². The standard InChI is InChI=1S/C20H14Cl2O/c21-18-10-4-8-16-14(18)12-15-17(9-5-11-19(15)22)20(16,23)13-6-2-1-3-7-13/h1-11,23H,12H2. The second-order valence-electron chi connectivity index (χ2n) is 5.79. The highest BCUT2D eigenvalue weighted by atomic mass is 35.5. The third kappa shape index (κ3) is 2.12. The Kier molecular flexibility index (Phi) is 3.46. The quantitative estimate of drug-likeness (QED) is 0.646. The van der Waals surface area contributed by atoms with Gasteiger partial charge in [-0.1, -0.05) is 77.8 Å². The molecule has 4 rings (SSSR count). The molecule has 0 aliphatic heterocycles. The van der Waals surface area contributed by atoms with E-state index in [-0.39, 0.29) is 0 Å². The van der Waals surface area contributed by atoms with Crippen molar-refractivity contribution >= 4 is 23.2 Å². The Morgan fingerprint density at radius 1 is 0.696 bits per heavy atom. The Balaban J connectivity index is 2.11. The molecule has 3 aromatic carbocycles. The molecule has 0 aromatic heterocycles. The lowest BCUT2D eigenvalue weighted by Gasteiger charge is -2.38. The van der Waals surface area contributed by atoms with Crippen molar-refractivity contribution in [3.63, 3.8) is 0 Å². The van der Waals surface area contributed by atoms with Gasteiger partial charge in [-0.25, -0.2) is 0 Å². The van der Waals surface area contributed by atoms with Crippen molar-refractivity contribution in [1.29, 1.82) is 0 Å². The summed E-state index contributed by atoms with van der Waals surface area (Å²) >= 11 is 12.8. The van der Waals surface area contributed by atoms with Gasteiger partial charge in [-0.2, -0.15) is 0 Å². The summed E-state index contributed by atoms with van der Waals surface area (Å²) in [5.41, 5.74) is 3.07. The lowest BCUT2D eigenvalue weighted by molar-refractivity contribution is 0.121. The van der Waals surface area contributed by atoms with E-state index in [9.17, 15) is 5.11 Å². The van der Waals surface area contributed by atoms with Crippen molar-refractivity contribution in [1.82, 2.24) is 0 Å². The predicted octanol–water partition coefficient (Wildman–Crippen LogP) is 5.18. The fourth-order valence-corrected chi connectivity index (χ4v) is 3.95. The number of hydrogen-bond donors (Lipinski definition) is 1. The number of hydrogen-bond acceptors (Lipinski definition) is 1. The van der Waals surface area contributed by atoms with E-state index in [1.807, 2.05) is 66.7 Å². The molecular formula is C20H14Cl2O. The molecule has 0 amide bonds. The number of fused-ring (bicyclic) bond motifs is 2. The van der Waals surface area contributed by atoms with Crippen molar-refractivity contribution in [3.05, 3.63) is 105 Å². The maximum absolute atomic E-state index is 11.8. The Morgan fingerprint density at radius 2 is 1.22 bits per heavy atom. The second kappa shape index (κ2) is 5.38. The van der Waals surface area contributed by atoms with E-state index in [0.29, 0.717) is 16.5 Å². The molecule has 1 aliphatic rings. The van der Waals surface area contributed by atoms with E-state index in [1.165, 1.54) is 0 Å². The minimum atomic E-state index is -1.25. The molecule has 0 saturated carbocycles. The number of benzene rings is 3. The Bertz CT molecular complexity index is 836. The first-order valence-corrected chi connectivity index (χ1v) is 8.21. The Hall–Kier alpha value is -1.80. The average molecular weight is 341 g/mol. The van der Waals surface area contributed by atoms with Crippen molar-refractivity contribution in [2.45, 2.75) is 12.0 Å². The molecule has 1 nitrogen and oxygen atoms in total. The summed E-state index contributed by atoms with van der Waals surface area (Å²) in [5, 5.41) is 13.1. The van der Waals surface area contributed by atoms with E-state index in [1.54, 1.807) is 0 Å². The predicted molar refractivity (Wildman–Crippen MR) is 94.3 cm³/mol. The van der Waals surface area contributed by atoms with Gasteiger partial charge in [0.15, 0.2) is 0 Å². The first-order valence-electron chi connectivity index (χ1n) is 7.46. The van der Waals surface area contributed by atoms with Gasteiger partial charge in [0.05, 0.1) is 0 Å². The van der Waals surface area contributed by atoms with E-state index >= 15 is 0 Å². The van der Waals surface area contributed by atoms with Gasteiger partial charge in [-0.05, 0) is 39.9 Å². The number of halogens is 2. The molecule has 0 heterocycles. The monoisotopic (exact) mass is 340 g/mol. The minimum absolute atomic E-state index is 0.624. The zero-order valence-corrected chi connectivity index (χ0v) is 13.8. The third-order valence-electron chi connectivity index (χ3n) is 4.56. The molecule has 0 unspecified atom stereocenters. The summed E-state index contributed by atoms with van der Waals surface area (Å²) in [6.07, 6.45) is 0.624. The molecule has 1 aliphatic carbocycles. The van der Waals surface area contributed by atoms with Gasteiger partial charge in [-0.15, -0.1) is 0 Å². The second-order valence-corrected chi connectivity index (χ2v) is 6.60. The summed E-state index contributed by atoms with van der Waals surface area (Å²) in [6, 6.07) is 21.0. The molecule has 0 saturated heterocycles. The summed E-state index contributed by atoms with van der Waals surface area (Å²) in [7, 11) is 0. The van der Waals surface area contributed by atoms with Gasteiger partial charge in [0.2, 0.25) is 0 Å². The van der Waals surface area contributed by atoms with Crippen molar-refractivity contribution in [2.75, 3.05) is 0 Å². The highest BCUT2D eigenvalue weighted by molar-refractivity contribution is 6.32. The first kappa shape index (κ1) is 14.8. The van der Waals surface area contributed by atoms with Crippen LogP contribution in [0.1, 0.15) is 27.8 Å². The fraction of sp³-hybridized carbons (Fsp3) is 0.100. The van der Waals surface area contributed by atoms with Crippen LogP contribution in [0.15, 0.2) is 66.7 Å². The van der Waals surface area contributed by atoms with Crippen LogP contribution in [0.4, 0.5) is 0 Å². The molecule has 114 valence electrons. The van der Waals surface area contributed by atoms with Gasteiger partial charge >= 0.3 is 0 Å². The van der Waals surface area contributed by atoms with Crippen LogP contribution < -0.4 is 0 Å². The van der Waals surface area contributed by atoms with Crippen molar-refractivity contribution in [2.24, 2.45) is 0 Å². The fourth-order valence-electron chi connectivity index (χ4n) is 3.47. The molecule has 23 heavy (non-hydrogen) atoms. The molecule has 0 bridgehead atoms. The maximum atomic E-state index is 11.8. The summed E-state index contributed by atoms with van der Waals surface area (Å²) in [4.78, 5) is 0. The van der Waals surface area contributed by atoms with Crippen LogP contribution in [-0.2, 0) is 12.0 Å². The molecule has 3 heteroatoms. The van der Waals surface area contributed by atoms with Crippen LogP contribution in [0.5, 0.6) is 0 Å². The maximum Gasteiger partial charge on any atom is 0.141 e. The first-order chi connectivity index (χ1) is 11.1. The molecule has 0 spiro atoms. The van der Waals surface area contributed by atoms with Crippen LogP contribution in [-0.4, -0.2) is 5.11 Å². The summed E-state index contributed by atoms with van der Waals surface area (Å²) in [5.74, 6) is 0. The smallest absolute Gasteiger partial charge is 0.141 e. The molecule has 0 atom stereocenters. The minimum Gasteiger partial charge on any atom is -0.376 e. The third-order valence-corrected chi connectivity index (χ3v) is 5.27. The van der Waals surface area contributed by atoms with Crippen molar-refractivity contribution in [3.8, 4) is 0 Å². The zero-order chi connectivity index (χ0) is 16.0. The Morgan fingerprint density at radius 3 is 1.74 bits per heavy atom. The largest absolute Gasteiger partial charge is 0.376 e. The van der Waals surface area contributed by atoms with Crippen LogP contribution in [0.3, 0.4) is 0 Å². The van der Waals surface area contributed by atoms with Crippen LogP contribution >= 0.6 is 23.2 Å². The normalized spacial score (nSPS) is 14.9. The SMILES string of the molecule is OC1(c2ccccc2)c2cccc(Cl)c2Cc2c(Cl)cccc21. The average Bonchev–Trinajstić information content (AvgIpc) is 2.58. The molecule has 0 radical (unpaired) electrons. The van der Waals surface area contributed by atoms with Gasteiger partial charge < -0.3 is 5.11 Å². The molecule has 3 aromatic rings. The van der Waals surface area contributed by atoms with Crippen LogP contribution in [0.2, 0.25) is 10.0 Å². The highest BCUT2D eigenvalue weighted by Gasteiger charge is 2.41. The molecule has 0 fully saturated rings. The van der Waals surface area contributed by atoms with Gasteiger partial charge in [0, 0.05) is 16.5 Å². The highest BCUT2D eigenvalue weighted by Crippen LogP contribution is 2.47. The van der Waals surface area contributed by atoms with Gasteiger partial charge in [0.1, 0.15) is 5.60 Å². The summed E-state index contributed by atoms with van der Waals surface area (Å²) in [6.45, 7) is 0. The molecular weight excluding hydrogens is 327 g/mol. The zero-order valence-electron chi connectivity index (χ0n) is 12.3. The number of aliphatic hydroxyl groups is 1. The van der Waals surface area contributed by atoms with Gasteiger partial charge in [0.25, 0.3) is 0 Å². The summed E-state index contributed by atoms with van der Waals surface area (Å²) < 4.78 is 0. The lowest BCUT2D eigenvalue weighted by Crippen LogP contribution is -2.34. The van der Waals surface area contributed by atoms with E-state index < -0.39 is 5.60 Å². The van der Waals surface area contributed by atoms with Crippen LogP contribution in [0.25, 0.3) is 0 Å². The lowest BCUT2D eigenvalue weighted by atomic mass is 9.71. The Labute approximate surface area is 145 Å². The van der Waals surface area contributed by atoms with Gasteiger partial charge in [-0.3, -0.25) is 0 Å². The number of rotatable bonds is 1. The topological polar surface area (TPSA) is 20.2 Å².